The Labute approximate surface area is 157 Å². The molecule has 2 heterocycles. The van der Waals surface area contributed by atoms with E-state index in [0.29, 0.717) is 24.7 Å². The van der Waals surface area contributed by atoms with Crippen molar-refractivity contribution in [2.45, 2.75) is 43.7 Å². The summed E-state index contributed by atoms with van der Waals surface area (Å²) in [5.74, 6) is 12.3. The number of benzene rings is 1. The van der Waals surface area contributed by atoms with Crippen LogP contribution >= 0.6 is 0 Å². The van der Waals surface area contributed by atoms with E-state index in [9.17, 15) is 4.79 Å². The largest absolute Gasteiger partial charge is 0.356 e. The number of amides is 1. The summed E-state index contributed by atoms with van der Waals surface area (Å²) in [6.45, 7) is 4.92. The highest BCUT2D eigenvalue weighted by atomic mass is 16.5. The monoisotopic (exact) mass is 370 g/mol. The van der Waals surface area contributed by atoms with E-state index in [1.165, 1.54) is 23.4 Å². The minimum Gasteiger partial charge on any atom is -0.356 e. The zero-order valence-electron chi connectivity index (χ0n) is 15.7. The number of hydrogen-bond acceptors (Lipinski definition) is 7. The summed E-state index contributed by atoms with van der Waals surface area (Å²) in [5.41, 5.74) is 7.67. The van der Waals surface area contributed by atoms with Crippen LogP contribution in [0.4, 0.5) is 0 Å². The summed E-state index contributed by atoms with van der Waals surface area (Å²) < 4.78 is 5.69. The molecular formula is C19H26N6O2. The Morgan fingerprint density at radius 2 is 2.15 bits per heavy atom. The van der Waals surface area contributed by atoms with Crippen LogP contribution in [0.25, 0.3) is 11.0 Å². The normalized spacial score (nSPS) is 30.6. The maximum atomic E-state index is 13.1. The molecular weight excluding hydrogens is 344 g/mol. The van der Waals surface area contributed by atoms with Crippen LogP contribution in [0.3, 0.4) is 0 Å². The summed E-state index contributed by atoms with van der Waals surface area (Å²) in [5, 5.41) is 8.19. The van der Waals surface area contributed by atoms with Crippen LogP contribution in [0.2, 0.25) is 0 Å². The molecule has 0 radical (unpaired) electrons. The van der Waals surface area contributed by atoms with E-state index >= 15 is 0 Å². The predicted octanol–water partition coefficient (Wildman–Crippen LogP) is 0.775. The highest BCUT2D eigenvalue weighted by molar-refractivity contribution is 5.88. The smallest absolute Gasteiger partial charge is 0.242 e. The summed E-state index contributed by atoms with van der Waals surface area (Å²) in [4.78, 5) is 13.1. The molecule has 0 bridgehead atoms. The van der Waals surface area contributed by atoms with Crippen LogP contribution in [0.5, 0.6) is 0 Å². The molecule has 27 heavy (non-hydrogen) atoms. The highest BCUT2D eigenvalue weighted by Gasteiger charge is 2.70. The predicted molar refractivity (Wildman–Crippen MR) is 99.7 cm³/mol. The quantitative estimate of drug-likeness (QED) is 0.412. The Hall–Kier alpha value is -2.00. The fourth-order valence-electron chi connectivity index (χ4n) is 4.78. The molecule has 1 saturated heterocycles. The molecule has 0 unspecified atom stereocenters. The molecule has 144 valence electrons. The molecule has 3 atom stereocenters. The third kappa shape index (κ3) is 2.30. The van der Waals surface area contributed by atoms with Gasteiger partial charge in [-0.2, -0.15) is 0 Å². The number of nitrogens with two attached hydrogens (primary N) is 3. The van der Waals surface area contributed by atoms with Crippen LogP contribution in [0.15, 0.2) is 22.7 Å². The molecule has 8 heteroatoms. The van der Waals surface area contributed by atoms with E-state index in [0.717, 1.165) is 11.0 Å². The first kappa shape index (κ1) is 17.1. The molecule has 6 N–H and O–H groups in total. The van der Waals surface area contributed by atoms with E-state index in [4.69, 9.17) is 21.9 Å². The van der Waals surface area contributed by atoms with Crippen LogP contribution in [0, 0.1) is 11.8 Å². The third-order valence-corrected chi connectivity index (χ3v) is 6.70. The van der Waals surface area contributed by atoms with Gasteiger partial charge in [0.05, 0.1) is 11.5 Å². The van der Waals surface area contributed by atoms with E-state index in [1.54, 1.807) is 5.01 Å². The Bertz CT molecular complexity index is 935. The Morgan fingerprint density at radius 1 is 1.41 bits per heavy atom. The zero-order chi connectivity index (χ0) is 19.1. The second-order valence-corrected chi connectivity index (χ2v) is 8.92. The lowest BCUT2D eigenvalue weighted by atomic mass is 9.94. The second-order valence-electron chi connectivity index (χ2n) is 8.92. The zero-order valence-corrected chi connectivity index (χ0v) is 15.7. The number of para-hydroxylation sites is 1. The lowest BCUT2D eigenvalue weighted by Gasteiger charge is -2.34. The van der Waals surface area contributed by atoms with Gasteiger partial charge >= 0.3 is 0 Å². The van der Waals surface area contributed by atoms with Gasteiger partial charge in [-0.3, -0.25) is 15.6 Å². The molecule has 1 amide bonds. The maximum absolute atomic E-state index is 13.1. The van der Waals surface area contributed by atoms with E-state index < -0.39 is 11.1 Å². The highest BCUT2D eigenvalue weighted by Crippen LogP contribution is 2.54. The van der Waals surface area contributed by atoms with Crippen molar-refractivity contribution < 1.29 is 9.32 Å². The molecule has 2 aliphatic carbocycles. The number of carbonyl (C=O) groups is 1. The van der Waals surface area contributed by atoms with Gasteiger partial charge in [0.25, 0.3) is 0 Å². The number of fused-ring (bicyclic) bond motifs is 2. The number of carbonyl (C=O) groups excluding carboxylic acids is 1. The topological polar surface area (TPSA) is 128 Å². The minimum absolute atomic E-state index is 0.0624. The van der Waals surface area contributed by atoms with Crippen molar-refractivity contribution in [2.75, 3.05) is 13.1 Å². The van der Waals surface area contributed by atoms with Crippen molar-refractivity contribution in [3.05, 3.63) is 29.5 Å². The lowest BCUT2D eigenvalue weighted by molar-refractivity contribution is -0.140. The number of piperidine rings is 1. The molecule has 3 fully saturated rings. The summed E-state index contributed by atoms with van der Waals surface area (Å²) in [6, 6.07) is 6.09. The fourth-order valence-corrected chi connectivity index (χ4v) is 4.78. The Morgan fingerprint density at radius 3 is 2.78 bits per heavy atom. The molecule has 1 aromatic heterocycles. The molecule has 5 rings (SSSR count). The maximum Gasteiger partial charge on any atom is 0.242 e. The van der Waals surface area contributed by atoms with Gasteiger partial charge in [-0.25, -0.2) is 10.9 Å². The van der Waals surface area contributed by atoms with Crippen LogP contribution in [0.1, 0.15) is 43.9 Å². The van der Waals surface area contributed by atoms with Crippen molar-refractivity contribution in [1.82, 2.24) is 15.2 Å². The Balaban J connectivity index is 1.45. The molecule has 2 aromatic rings. The first-order chi connectivity index (χ1) is 12.7. The lowest BCUT2D eigenvalue weighted by Crippen LogP contribution is -2.54. The van der Waals surface area contributed by atoms with Crippen LogP contribution in [-0.4, -0.2) is 39.7 Å². The number of hydrogen-bond donors (Lipinski definition) is 3. The van der Waals surface area contributed by atoms with Crippen molar-refractivity contribution in [1.29, 1.82) is 0 Å². The fraction of sp³-hybridized carbons (Fsp3) is 0.579. The summed E-state index contributed by atoms with van der Waals surface area (Å²) in [6.07, 6.45) is 2.36. The van der Waals surface area contributed by atoms with Gasteiger partial charge in [0.15, 0.2) is 5.58 Å². The van der Waals surface area contributed by atoms with Crippen molar-refractivity contribution in [3.63, 3.8) is 0 Å². The molecule has 3 aliphatic rings. The summed E-state index contributed by atoms with van der Waals surface area (Å²) in [7, 11) is 0. The van der Waals surface area contributed by atoms with E-state index in [2.05, 4.69) is 11.2 Å². The van der Waals surface area contributed by atoms with Crippen LogP contribution < -0.4 is 17.4 Å². The van der Waals surface area contributed by atoms with Gasteiger partial charge in [-0.05, 0) is 38.7 Å². The molecule has 1 aliphatic heterocycles. The third-order valence-electron chi connectivity index (χ3n) is 6.70. The molecule has 1 aromatic carbocycles. The average molecular weight is 370 g/mol. The number of nitrogens with zero attached hydrogens (tertiary/aromatic N) is 3. The standard InChI is InChI=1S/C19H26N6O2/c1-18(2,25(22)17(26)14-13-8-24(21)9-19(13,14)20)16-12-5-3-4-11(10-6-7-10)15(12)27-23-16/h3-5,10,13-14H,6-9,20-22H2,1-2H3/t13-,14+,19+/m0/s1. The number of rotatable bonds is 4. The van der Waals surface area contributed by atoms with Gasteiger partial charge in [-0.15, -0.1) is 0 Å². The minimum atomic E-state index is -0.819. The summed E-state index contributed by atoms with van der Waals surface area (Å²) >= 11 is 0. The van der Waals surface area contributed by atoms with Gasteiger partial charge in [0.1, 0.15) is 5.69 Å². The number of aromatic nitrogens is 1. The SMILES string of the molecule is CC(C)(c1noc2c(C3CC3)cccc12)N(N)C(=O)[C@H]1[C@@H]2CN(N)C[C@@]21N. The van der Waals surface area contributed by atoms with Crippen molar-refractivity contribution in [2.24, 2.45) is 29.3 Å². The molecule has 0 spiro atoms. The van der Waals surface area contributed by atoms with Gasteiger partial charge in [-0.1, -0.05) is 17.3 Å². The van der Waals surface area contributed by atoms with Gasteiger partial charge < -0.3 is 10.3 Å². The first-order valence-corrected chi connectivity index (χ1v) is 9.51. The van der Waals surface area contributed by atoms with Gasteiger partial charge in [0, 0.05) is 35.5 Å². The second kappa shape index (κ2) is 5.29. The van der Waals surface area contributed by atoms with Crippen molar-refractivity contribution in [3.8, 4) is 0 Å². The van der Waals surface area contributed by atoms with E-state index in [-0.39, 0.29) is 17.7 Å². The number of hydrazine groups is 2. The molecule has 8 nitrogen and oxygen atoms in total. The van der Waals surface area contributed by atoms with Crippen LogP contribution in [-0.2, 0) is 10.3 Å². The van der Waals surface area contributed by atoms with Gasteiger partial charge in [0.2, 0.25) is 5.91 Å². The Kier molecular flexibility index (Phi) is 3.35. The van der Waals surface area contributed by atoms with Crippen molar-refractivity contribution >= 4 is 16.9 Å². The average Bonchev–Trinajstić information content (AvgIpc) is 3.46. The first-order valence-electron chi connectivity index (χ1n) is 9.51. The molecule has 2 saturated carbocycles. The van der Waals surface area contributed by atoms with E-state index in [1.807, 2.05) is 26.0 Å².